The molecule has 2 saturated heterocycles. The molecule has 2 aromatic carbocycles. The number of allylic oxidation sites excluding steroid dienone is 1. The van der Waals surface area contributed by atoms with E-state index in [1.54, 1.807) is 13.1 Å². The summed E-state index contributed by atoms with van der Waals surface area (Å²) in [6, 6.07) is 16.2. The van der Waals surface area contributed by atoms with Crippen molar-refractivity contribution in [2.75, 3.05) is 20.2 Å². The average Bonchev–Trinajstić information content (AvgIpc) is 4.02. The number of epoxide rings is 1. The van der Waals surface area contributed by atoms with E-state index in [0.29, 0.717) is 35.7 Å². The first-order valence-corrected chi connectivity index (χ1v) is 18.7. The van der Waals surface area contributed by atoms with Crippen molar-refractivity contribution in [2.45, 2.75) is 100 Å². The first kappa shape index (κ1) is 34.3. The second kappa shape index (κ2) is 14.3. The van der Waals surface area contributed by atoms with E-state index in [0.717, 1.165) is 56.1 Å². The number of fused-ring (bicyclic) bond motifs is 2. The number of aliphatic hydroxyl groups excluding tert-OH is 1. The van der Waals surface area contributed by atoms with E-state index in [-0.39, 0.29) is 43.2 Å². The third-order valence-electron chi connectivity index (χ3n) is 11.5. The Morgan fingerprint density at radius 3 is 2.45 bits per heavy atom. The number of carbonyl (C=O) groups excluding carboxylic acids is 3. The van der Waals surface area contributed by atoms with Gasteiger partial charge in [-0.25, -0.2) is 4.79 Å². The van der Waals surface area contributed by atoms with Gasteiger partial charge in [0.1, 0.15) is 24.4 Å². The second-order valence-corrected chi connectivity index (χ2v) is 15.1. The van der Waals surface area contributed by atoms with Gasteiger partial charge in [0.2, 0.25) is 11.8 Å². The van der Waals surface area contributed by atoms with Crippen LogP contribution in [0.1, 0.15) is 72.9 Å². The first-order valence-electron chi connectivity index (χ1n) is 18.7. The molecule has 2 amide bonds. The van der Waals surface area contributed by atoms with Crippen molar-refractivity contribution in [3.8, 4) is 0 Å². The van der Waals surface area contributed by atoms with Gasteiger partial charge in [-0.05, 0) is 74.1 Å². The normalized spacial score (nSPS) is 29.7. The summed E-state index contributed by atoms with van der Waals surface area (Å²) < 4.78 is 25.7. The van der Waals surface area contributed by atoms with Crippen LogP contribution in [0.4, 0.5) is 0 Å². The molecule has 0 radical (unpaired) electrons. The summed E-state index contributed by atoms with van der Waals surface area (Å²) in [5.74, 6) is -0.919. The fraction of sp³-hybridized carbons (Fsp3) is 0.537. The molecule has 4 aliphatic carbocycles. The summed E-state index contributed by atoms with van der Waals surface area (Å²) >= 11 is 0. The monoisotopic (exact) mass is 696 g/mol. The minimum absolute atomic E-state index is 0.0823. The highest BCUT2D eigenvalue weighted by atomic mass is 16.8. The fourth-order valence-corrected chi connectivity index (χ4v) is 8.35. The number of hydrogen-bond acceptors (Lipinski definition) is 8. The number of nitrogens with one attached hydrogen (secondary N) is 1. The van der Waals surface area contributed by atoms with Crippen LogP contribution >= 0.6 is 0 Å². The zero-order valence-electron chi connectivity index (χ0n) is 29.2. The Balaban J connectivity index is 1.04. The molecule has 8 rings (SSSR count). The zero-order chi connectivity index (χ0) is 35.1. The second-order valence-electron chi connectivity index (χ2n) is 15.1. The predicted octanol–water partition coefficient (Wildman–Crippen LogP) is 4.60. The van der Waals surface area contributed by atoms with E-state index in [4.69, 9.17) is 18.9 Å². The summed E-state index contributed by atoms with van der Waals surface area (Å²) in [7, 11) is 1.62. The van der Waals surface area contributed by atoms with Gasteiger partial charge in [-0.15, -0.1) is 0 Å². The van der Waals surface area contributed by atoms with Crippen LogP contribution in [0.25, 0.3) is 6.08 Å². The van der Waals surface area contributed by atoms with Crippen molar-refractivity contribution < 1.29 is 38.4 Å². The van der Waals surface area contributed by atoms with E-state index in [2.05, 4.69) is 11.4 Å². The van der Waals surface area contributed by atoms with Crippen LogP contribution in [0.2, 0.25) is 0 Å². The van der Waals surface area contributed by atoms with Crippen LogP contribution in [0.3, 0.4) is 0 Å². The van der Waals surface area contributed by atoms with Crippen LogP contribution in [0.15, 0.2) is 72.3 Å². The van der Waals surface area contributed by atoms with Gasteiger partial charge in [-0.1, -0.05) is 60.7 Å². The van der Waals surface area contributed by atoms with E-state index >= 15 is 0 Å². The number of amides is 2. The molecule has 5 fully saturated rings. The van der Waals surface area contributed by atoms with Gasteiger partial charge in [-0.2, -0.15) is 0 Å². The lowest BCUT2D eigenvalue weighted by molar-refractivity contribution is -0.209. The molecular formula is C41H48N2O8. The zero-order valence-corrected chi connectivity index (χ0v) is 29.2. The summed E-state index contributed by atoms with van der Waals surface area (Å²) in [4.78, 5) is 43.2. The Bertz CT molecular complexity index is 1670. The molecule has 0 aromatic heterocycles. The Labute approximate surface area is 299 Å². The first-order chi connectivity index (χ1) is 24.8. The van der Waals surface area contributed by atoms with Crippen LogP contribution < -0.4 is 5.32 Å². The van der Waals surface area contributed by atoms with Crippen molar-refractivity contribution >= 4 is 23.9 Å². The number of hydrogen-bond donors (Lipinski definition) is 2. The fourth-order valence-electron chi connectivity index (χ4n) is 8.35. The molecule has 6 aliphatic rings. The van der Waals surface area contributed by atoms with Crippen molar-refractivity contribution in [2.24, 2.45) is 17.8 Å². The number of nitrogens with zero attached hydrogens (tertiary/aromatic N) is 1. The maximum atomic E-state index is 14.3. The van der Waals surface area contributed by atoms with Crippen LogP contribution in [-0.2, 0) is 35.0 Å². The van der Waals surface area contributed by atoms with E-state index < -0.39 is 36.1 Å². The van der Waals surface area contributed by atoms with Crippen molar-refractivity contribution in [1.82, 2.24) is 10.2 Å². The number of carbonyl (C=O) groups is 3. The molecule has 2 heterocycles. The Hall–Kier alpha value is -3.83. The molecule has 2 N–H and O–H groups in total. The molecule has 2 aromatic rings. The highest BCUT2D eigenvalue weighted by Crippen LogP contribution is 2.59. The Morgan fingerprint density at radius 2 is 1.73 bits per heavy atom. The molecule has 270 valence electrons. The molecule has 51 heavy (non-hydrogen) atoms. The lowest BCUT2D eigenvalue weighted by atomic mass is 9.88. The Morgan fingerprint density at radius 1 is 0.980 bits per heavy atom. The number of aliphatic hydroxyl groups is 1. The molecule has 0 bridgehead atoms. The number of ether oxygens (including phenoxy) is 4. The standard InChI is InChI=1S/C41H48N2O8/c1-43(32(38(45)42-19-20-44)21-25-7-3-2-4-8-25)39(46)28-23-35(37-36(24-28)50-41(51-37,29-14-15-29)30-16-17-30)49-40(47)31-10-6-5-9-27(31)13-11-26-12-18-33-34(22-26)48-33/h2-11,13,24,26,29-30,32-37,44H,12,14-23H2,1H3,(H,42,45). The molecule has 10 nitrogen and oxygen atoms in total. The average molecular weight is 697 g/mol. The summed E-state index contributed by atoms with van der Waals surface area (Å²) in [5.41, 5.74) is 2.56. The van der Waals surface area contributed by atoms with Crippen molar-refractivity contribution in [3.63, 3.8) is 0 Å². The maximum Gasteiger partial charge on any atom is 0.339 e. The number of benzene rings is 2. The summed E-state index contributed by atoms with van der Waals surface area (Å²) in [5, 5.41) is 12.1. The van der Waals surface area contributed by atoms with Gasteiger partial charge < -0.3 is 34.3 Å². The third-order valence-corrected chi connectivity index (χ3v) is 11.5. The van der Waals surface area contributed by atoms with Gasteiger partial charge in [0.15, 0.2) is 5.79 Å². The highest BCUT2D eigenvalue weighted by Gasteiger charge is 2.64. The molecule has 10 heteroatoms. The van der Waals surface area contributed by atoms with Crippen LogP contribution in [0, 0.1) is 17.8 Å². The number of rotatable bonds is 13. The molecule has 7 atom stereocenters. The van der Waals surface area contributed by atoms with E-state index in [1.807, 2.05) is 60.7 Å². The minimum atomic E-state index is -0.830. The van der Waals surface area contributed by atoms with Gasteiger partial charge in [0.05, 0.1) is 24.4 Å². The van der Waals surface area contributed by atoms with Gasteiger partial charge in [-0.3, -0.25) is 9.59 Å². The molecule has 2 aliphatic heterocycles. The quantitative estimate of drug-likeness (QED) is 0.230. The van der Waals surface area contributed by atoms with E-state index in [1.165, 1.54) is 4.90 Å². The largest absolute Gasteiger partial charge is 0.456 e. The van der Waals surface area contributed by atoms with Crippen LogP contribution in [0.5, 0.6) is 0 Å². The molecule has 3 saturated carbocycles. The van der Waals surface area contributed by atoms with Gasteiger partial charge in [0.25, 0.3) is 0 Å². The topological polar surface area (TPSA) is 127 Å². The summed E-state index contributed by atoms with van der Waals surface area (Å²) in [6.45, 7) is -0.127. The van der Waals surface area contributed by atoms with Gasteiger partial charge >= 0.3 is 5.97 Å². The minimum Gasteiger partial charge on any atom is -0.456 e. The Kier molecular flexibility index (Phi) is 9.61. The summed E-state index contributed by atoms with van der Waals surface area (Å²) in [6.07, 6.45) is 12.6. The highest BCUT2D eigenvalue weighted by molar-refractivity contribution is 5.98. The van der Waals surface area contributed by atoms with Crippen molar-refractivity contribution in [1.29, 1.82) is 0 Å². The van der Waals surface area contributed by atoms with Gasteiger partial charge in [0, 0.05) is 43.8 Å². The number of esters is 1. The number of likely N-dealkylation sites (N-methyl/N-ethyl adjacent to an activating group) is 1. The predicted molar refractivity (Wildman–Crippen MR) is 188 cm³/mol. The third kappa shape index (κ3) is 7.29. The van der Waals surface area contributed by atoms with E-state index in [9.17, 15) is 19.5 Å². The maximum absolute atomic E-state index is 14.3. The van der Waals surface area contributed by atoms with Crippen LogP contribution in [-0.4, -0.2) is 90.3 Å². The lowest BCUT2D eigenvalue weighted by Gasteiger charge is -2.33. The lowest BCUT2D eigenvalue weighted by Crippen LogP contribution is -2.51. The molecule has 7 unspecified atom stereocenters. The van der Waals surface area contributed by atoms with Crippen molar-refractivity contribution in [3.05, 3.63) is 89.0 Å². The SMILES string of the molecule is CN(C(=O)C1=CC2OC(C3CC3)(C3CC3)OC2C(OC(=O)c2ccccc2C=CC2CCC3OC3C2)C1)C(Cc1ccccc1)C(=O)NCCO. The molecular weight excluding hydrogens is 648 g/mol. The molecule has 0 spiro atoms. The smallest absolute Gasteiger partial charge is 0.339 e.